The lowest BCUT2D eigenvalue weighted by atomic mass is 10.0. The van der Waals surface area contributed by atoms with E-state index in [0.29, 0.717) is 16.8 Å². The van der Waals surface area contributed by atoms with E-state index in [9.17, 15) is 9.18 Å². The van der Waals surface area contributed by atoms with Gasteiger partial charge < -0.3 is 10.1 Å². The molecule has 1 fully saturated rings. The van der Waals surface area contributed by atoms with Crippen molar-refractivity contribution in [3.63, 3.8) is 0 Å². The summed E-state index contributed by atoms with van der Waals surface area (Å²) in [6.07, 6.45) is 3.36. The number of carbonyl (C=O) groups excluding carboxylic acids is 1. The summed E-state index contributed by atoms with van der Waals surface area (Å²) in [5.41, 5.74) is 4.22. The molecule has 32 heavy (non-hydrogen) atoms. The highest BCUT2D eigenvalue weighted by Gasteiger charge is 2.21. The van der Waals surface area contributed by atoms with E-state index in [4.69, 9.17) is 4.74 Å². The van der Waals surface area contributed by atoms with Gasteiger partial charge in [-0.05, 0) is 61.2 Å². The fourth-order valence-electron chi connectivity index (χ4n) is 4.07. The third-order valence-corrected chi connectivity index (χ3v) is 5.95. The van der Waals surface area contributed by atoms with Crippen molar-refractivity contribution in [3.8, 4) is 17.0 Å². The minimum atomic E-state index is -0.307. The zero-order valence-corrected chi connectivity index (χ0v) is 18.5. The van der Waals surface area contributed by atoms with Crippen molar-refractivity contribution in [1.29, 1.82) is 0 Å². The summed E-state index contributed by atoms with van der Waals surface area (Å²) in [5.74, 6) is 0.491. The smallest absolute Gasteiger partial charge is 0.253 e. The van der Waals surface area contributed by atoms with E-state index in [0.717, 1.165) is 43.8 Å². The Bertz CT molecular complexity index is 1080. The Hall–Kier alpha value is -3.25. The number of likely N-dealkylation sites (tertiary alicyclic amines) is 1. The van der Waals surface area contributed by atoms with Gasteiger partial charge in [0.15, 0.2) is 0 Å². The van der Waals surface area contributed by atoms with Crippen LogP contribution in [0.25, 0.3) is 11.3 Å². The van der Waals surface area contributed by atoms with Gasteiger partial charge in [0.2, 0.25) is 0 Å². The molecule has 1 N–H and O–H groups in total. The van der Waals surface area contributed by atoms with Crippen LogP contribution in [0.1, 0.15) is 34.3 Å². The van der Waals surface area contributed by atoms with Crippen molar-refractivity contribution in [2.75, 3.05) is 20.2 Å². The highest BCUT2D eigenvalue weighted by atomic mass is 19.1. The third-order valence-electron chi connectivity index (χ3n) is 5.95. The van der Waals surface area contributed by atoms with Gasteiger partial charge >= 0.3 is 0 Å². The Kier molecular flexibility index (Phi) is 6.81. The van der Waals surface area contributed by atoms with Gasteiger partial charge in [0, 0.05) is 37.4 Å². The zero-order valence-electron chi connectivity index (χ0n) is 18.5. The Balaban J connectivity index is 1.29. The van der Waals surface area contributed by atoms with Crippen LogP contribution in [0, 0.1) is 12.7 Å². The molecule has 2 aromatic carbocycles. The molecule has 0 saturated carbocycles. The molecule has 0 atom stereocenters. The lowest BCUT2D eigenvalue weighted by Crippen LogP contribution is -2.44. The van der Waals surface area contributed by atoms with Crippen molar-refractivity contribution in [2.24, 2.45) is 0 Å². The van der Waals surface area contributed by atoms with Gasteiger partial charge in [0.05, 0.1) is 18.4 Å². The van der Waals surface area contributed by atoms with Crippen LogP contribution in [0.4, 0.5) is 4.39 Å². The Labute approximate surface area is 188 Å². The molecule has 3 aromatic rings. The van der Waals surface area contributed by atoms with Gasteiger partial charge in [-0.2, -0.15) is 0 Å². The van der Waals surface area contributed by atoms with E-state index in [1.807, 2.05) is 6.92 Å². The zero-order chi connectivity index (χ0) is 22.5. The topological polar surface area (TPSA) is 54.5 Å². The van der Waals surface area contributed by atoms with Crippen LogP contribution in [0.2, 0.25) is 0 Å². The van der Waals surface area contributed by atoms with E-state index >= 15 is 0 Å². The number of nitrogens with one attached hydrogen (secondary N) is 1. The summed E-state index contributed by atoms with van der Waals surface area (Å²) < 4.78 is 18.8. The highest BCUT2D eigenvalue weighted by Crippen LogP contribution is 2.22. The molecule has 4 rings (SSSR count). The second-order valence-corrected chi connectivity index (χ2v) is 8.27. The lowest BCUT2D eigenvalue weighted by molar-refractivity contribution is 0.0908. The van der Waals surface area contributed by atoms with Crippen LogP contribution in [0.15, 0.2) is 60.8 Å². The van der Waals surface area contributed by atoms with Crippen LogP contribution in [-0.2, 0) is 6.54 Å². The molecule has 0 aliphatic carbocycles. The molecule has 1 aliphatic heterocycles. The number of hydrogen-bond donors (Lipinski definition) is 1. The second-order valence-electron chi connectivity index (χ2n) is 8.27. The Morgan fingerprint density at radius 3 is 2.66 bits per heavy atom. The molecule has 6 heteroatoms. The number of ether oxygens (including phenoxy) is 1. The first-order valence-electron chi connectivity index (χ1n) is 10.9. The first-order valence-corrected chi connectivity index (χ1v) is 10.9. The third kappa shape index (κ3) is 5.32. The first-order chi connectivity index (χ1) is 15.5. The van der Waals surface area contributed by atoms with Gasteiger partial charge in [-0.15, -0.1) is 0 Å². The summed E-state index contributed by atoms with van der Waals surface area (Å²) in [4.78, 5) is 19.4. The maximum atomic E-state index is 13.4. The van der Waals surface area contributed by atoms with Gasteiger partial charge in [-0.1, -0.05) is 24.3 Å². The first kappa shape index (κ1) is 22.0. The van der Waals surface area contributed by atoms with Crippen molar-refractivity contribution >= 4 is 5.91 Å². The predicted octanol–water partition coefficient (Wildman–Crippen LogP) is 4.60. The van der Waals surface area contributed by atoms with E-state index in [1.54, 1.807) is 37.6 Å². The number of benzene rings is 2. The van der Waals surface area contributed by atoms with Gasteiger partial charge in [-0.25, -0.2) is 4.39 Å². The molecule has 1 saturated heterocycles. The molecule has 0 unspecified atom stereocenters. The quantitative estimate of drug-likeness (QED) is 0.617. The van der Waals surface area contributed by atoms with Crippen LogP contribution < -0.4 is 10.1 Å². The standard InChI is InChI=1S/C26H28FN3O2/c1-18-6-7-19(14-25(18)32-2)17-30-12-10-23(11-13-30)29-26(31)21-8-9-24(28-16-21)20-4-3-5-22(27)15-20/h3-9,14-16,23H,10-13,17H2,1-2H3,(H,29,31). The molecule has 1 aromatic heterocycles. The maximum absolute atomic E-state index is 13.4. The van der Waals surface area contributed by atoms with Gasteiger partial charge in [0.1, 0.15) is 11.6 Å². The summed E-state index contributed by atoms with van der Waals surface area (Å²) in [5, 5.41) is 3.13. The number of nitrogens with zero attached hydrogens (tertiary/aromatic N) is 2. The van der Waals surface area contributed by atoms with E-state index in [1.165, 1.54) is 17.7 Å². The van der Waals surface area contributed by atoms with Crippen molar-refractivity contribution in [1.82, 2.24) is 15.2 Å². The van der Waals surface area contributed by atoms with Crippen LogP contribution in [0.5, 0.6) is 5.75 Å². The summed E-state index contributed by atoms with van der Waals surface area (Å²) >= 11 is 0. The maximum Gasteiger partial charge on any atom is 0.253 e. The van der Waals surface area contributed by atoms with E-state index in [2.05, 4.69) is 33.4 Å². The van der Waals surface area contributed by atoms with Crippen molar-refractivity contribution in [3.05, 3.63) is 83.3 Å². The number of carbonyl (C=O) groups is 1. The average molecular weight is 434 g/mol. The SMILES string of the molecule is COc1cc(CN2CCC(NC(=O)c3ccc(-c4cccc(F)c4)nc3)CC2)ccc1C. The summed E-state index contributed by atoms with van der Waals surface area (Å²) in [7, 11) is 1.70. The molecule has 1 aliphatic rings. The number of aryl methyl sites for hydroxylation is 1. The second kappa shape index (κ2) is 9.92. The fraction of sp³-hybridized carbons (Fsp3) is 0.308. The van der Waals surface area contributed by atoms with Crippen molar-refractivity contribution in [2.45, 2.75) is 32.4 Å². The Morgan fingerprint density at radius 1 is 1.16 bits per heavy atom. The lowest BCUT2D eigenvalue weighted by Gasteiger charge is -2.32. The average Bonchev–Trinajstić information content (AvgIpc) is 2.81. The van der Waals surface area contributed by atoms with E-state index < -0.39 is 0 Å². The molecular weight excluding hydrogens is 405 g/mol. The monoisotopic (exact) mass is 433 g/mol. The van der Waals surface area contributed by atoms with Crippen molar-refractivity contribution < 1.29 is 13.9 Å². The van der Waals surface area contributed by atoms with Crippen LogP contribution in [0.3, 0.4) is 0 Å². The minimum absolute atomic E-state index is 0.120. The molecule has 5 nitrogen and oxygen atoms in total. The number of aromatic nitrogens is 1. The predicted molar refractivity (Wildman–Crippen MR) is 123 cm³/mol. The normalized spacial score (nSPS) is 14.8. The largest absolute Gasteiger partial charge is 0.496 e. The fourth-order valence-corrected chi connectivity index (χ4v) is 4.07. The number of pyridine rings is 1. The highest BCUT2D eigenvalue weighted by molar-refractivity contribution is 5.94. The number of methoxy groups -OCH3 is 1. The van der Waals surface area contributed by atoms with Gasteiger partial charge in [0.25, 0.3) is 5.91 Å². The van der Waals surface area contributed by atoms with E-state index in [-0.39, 0.29) is 17.8 Å². The molecule has 0 bridgehead atoms. The van der Waals surface area contributed by atoms with Gasteiger partial charge in [-0.3, -0.25) is 14.7 Å². The molecule has 2 heterocycles. The molecule has 0 spiro atoms. The molecule has 0 radical (unpaired) electrons. The molecule has 1 amide bonds. The van der Waals surface area contributed by atoms with Crippen LogP contribution in [-0.4, -0.2) is 42.0 Å². The summed E-state index contributed by atoms with van der Waals surface area (Å²) in [6, 6.07) is 16.3. The number of piperidine rings is 1. The molecular formula is C26H28FN3O2. The minimum Gasteiger partial charge on any atom is -0.496 e. The summed E-state index contributed by atoms with van der Waals surface area (Å²) in [6.45, 7) is 4.78. The number of hydrogen-bond acceptors (Lipinski definition) is 4. The van der Waals surface area contributed by atoms with Crippen LogP contribution >= 0.6 is 0 Å². The molecule has 166 valence electrons. The Morgan fingerprint density at radius 2 is 1.97 bits per heavy atom. The number of rotatable bonds is 6. The number of amides is 1. The number of halogens is 1.